The number of nitrogen functional groups attached to an aromatic ring is 1. The van der Waals surface area contributed by atoms with Gasteiger partial charge in [0.25, 0.3) is 0 Å². The maximum absolute atomic E-state index is 11.1. The van der Waals surface area contributed by atoms with Crippen LogP contribution in [0.25, 0.3) is 11.1 Å². The summed E-state index contributed by atoms with van der Waals surface area (Å²) in [6.45, 7) is 1.86. The van der Waals surface area contributed by atoms with Crippen molar-refractivity contribution in [2.45, 2.75) is 6.92 Å². The molecular weight excluding hydrogens is 350 g/mol. The largest absolute Gasteiger partial charge is 0.478 e. The van der Waals surface area contributed by atoms with Crippen LogP contribution in [0.5, 0.6) is 0 Å². The van der Waals surface area contributed by atoms with Crippen molar-refractivity contribution in [3.63, 3.8) is 0 Å². The van der Waals surface area contributed by atoms with Crippen molar-refractivity contribution in [2.75, 3.05) is 5.73 Å². The molecule has 0 saturated heterocycles. The molecule has 0 fully saturated rings. The van der Waals surface area contributed by atoms with E-state index in [0.717, 1.165) is 27.9 Å². The minimum absolute atomic E-state index is 0.0572. The van der Waals surface area contributed by atoms with Gasteiger partial charge in [-0.05, 0) is 42.8 Å². The van der Waals surface area contributed by atoms with Gasteiger partial charge < -0.3 is 10.8 Å². The highest BCUT2D eigenvalue weighted by Gasteiger charge is 2.12. The first-order valence-electron chi connectivity index (χ1n) is 7.68. The molecule has 1 aromatic carbocycles. The van der Waals surface area contributed by atoms with Crippen LogP contribution in [-0.2, 0) is 0 Å². The van der Waals surface area contributed by atoms with Gasteiger partial charge in [0, 0.05) is 23.5 Å². The number of aromatic nitrogens is 2. The summed E-state index contributed by atoms with van der Waals surface area (Å²) < 4.78 is 0. The van der Waals surface area contributed by atoms with Crippen LogP contribution in [0.3, 0.4) is 0 Å². The smallest absolute Gasteiger partial charge is 0.337 e. The number of rotatable bonds is 2. The first-order chi connectivity index (χ1) is 12.5. The van der Waals surface area contributed by atoms with Crippen LogP contribution in [0.2, 0.25) is 5.02 Å². The molecule has 0 radical (unpaired) electrons. The molecule has 0 atom stereocenters. The maximum atomic E-state index is 11.1. The van der Waals surface area contributed by atoms with Crippen LogP contribution < -0.4 is 5.73 Å². The van der Waals surface area contributed by atoms with E-state index in [2.05, 4.69) is 21.8 Å². The molecule has 0 spiro atoms. The number of carboxylic acid groups (broad SMARTS) is 1. The van der Waals surface area contributed by atoms with E-state index in [1.807, 2.05) is 13.0 Å². The molecule has 3 aromatic rings. The van der Waals surface area contributed by atoms with Crippen LogP contribution in [-0.4, -0.2) is 21.0 Å². The summed E-state index contributed by atoms with van der Waals surface area (Å²) in [6.07, 6.45) is 3.28. The van der Waals surface area contributed by atoms with Crippen LogP contribution in [0.15, 0.2) is 48.8 Å². The number of anilines is 1. The molecule has 0 saturated carbocycles. The minimum atomic E-state index is -1.07. The van der Waals surface area contributed by atoms with E-state index in [0.29, 0.717) is 5.82 Å². The molecule has 0 unspecified atom stereocenters. The topological polar surface area (TPSA) is 89.1 Å². The molecule has 0 aliphatic heterocycles. The molecule has 3 rings (SSSR count). The first-order valence-corrected chi connectivity index (χ1v) is 8.06. The Morgan fingerprint density at radius 2 is 1.96 bits per heavy atom. The number of carboxylic acids is 1. The monoisotopic (exact) mass is 363 g/mol. The quantitative estimate of drug-likeness (QED) is 0.676. The van der Waals surface area contributed by atoms with Gasteiger partial charge in [-0.25, -0.2) is 9.78 Å². The van der Waals surface area contributed by atoms with Crippen LogP contribution >= 0.6 is 11.6 Å². The summed E-state index contributed by atoms with van der Waals surface area (Å²) in [6, 6.07) is 10.1. The van der Waals surface area contributed by atoms with Gasteiger partial charge in [0.1, 0.15) is 5.82 Å². The van der Waals surface area contributed by atoms with Crippen molar-refractivity contribution in [2.24, 2.45) is 0 Å². The second-order valence-corrected chi connectivity index (χ2v) is 5.95. The second kappa shape index (κ2) is 7.26. The number of halogens is 1. The van der Waals surface area contributed by atoms with E-state index in [9.17, 15) is 4.79 Å². The van der Waals surface area contributed by atoms with E-state index in [1.165, 1.54) is 6.07 Å². The van der Waals surface area contributed by atoms with E-state index in [-0.39, 0.29) is 10.6 Å². The fourth-order valence-corrected chi connectivity index (χ4v) is 2.70. The molecule has 0 bridgehead atoms. The van der Waals surface area contributed by atoms with E-state index >= 15 is 0 Å². The maximum Gasteiger partial charge on any atom is 0.337 e. The molecule has 128 valence electrons. The van der Waals surface area contributed by atoms with Gasteiger partial charge in [0.2, 0.25) is 0 Å². The third-order valence-corrected chi connectivity index (χ3v) is 4.08. The summed E-state index contributed by atoms with van der Waals surface area (Å²) in [5.41, 5.74) is 9.46. The molecule has 0 aliphatic rings. The molecular formula is C20H14ClN3O2. The van der Waals surface area contributed by atoms with Crippen molar-refractivity contribution < 1.29 is 9.90 Å². The molecule has 0 amide bonds. The van der Waals surface area contributed by atoms with Crippen molar-refractivity contribution >= 4 is 23.4 Å². The number of hydrogen-bond acceptors (Lipinski definition) is 4. The highest BCUT2D eigenvalue weighted by Crippen LogP contribution is 2.29. The standard InChI is InChI=1S/C20H14ClN3O2/c1-12-15(5-2-13-3-7-19(22)24-11-13)16(8-9-23-12)14-4-6-17(20(25)26)18(21)10-14/h3-4,6-11H,1H3,(H2,22,24)(H,25,26). The van der Waals surface area contributed by atoms with Gasteiger partial charge in [-0.15, -0.1) is 0 Å². The van der Waals surface area contributed by atoms with Crippen LogP contribution in [0.4, 0.5) is 5.82 Å². The first kappa shape index (κ1) is 17.5. The second-order valence-electron chi connectivity index (χ2n) is 5.54. The van der Waals surface area contributed by atoms with Crippen molar-refractivity contribution in [3.05, 3.63) is 76.2 Å². The molecule has 2 heterocycles. The van der Waals surface area contributed by atoms with Crippen molar-refractivity contribution in [1.29, 1.82) is 0 Å². The third kappa shape index (κ3) is 3.66. The number of benzene rings is 1. The number of hydrogen-bond donors (Lipinski definition) is 2. The number of pyridine rings is 2. The van der Waals surface area contributed by atoms with Crippen molar-refractivity contribution in [1.82, 2.24) is 9.97 Å². The molecule has 5 nitrogen and oxygen atoms in total. The number of aromatic carboxylic acids is 1. The zero-order valence-corrected chi connectivity index (χ0v) is 14.6. The summed E-state index contributed by atoms with van der Waals surface area (Å²) >= 11 is 6.10. The number of carbonyl (C=O) groups is 1. The molecule has 6 heteroatoms. The lowest BCUT2D eigenvalue weighted by molar-refractivity contribution is 0.0697. The zero-order valence-electron chi connectivity index (χ0n) is 13.8. The van der Waals surface area contributed by atoms with Gasteiger partial charge in [-0.2, -0.15) is 0 Å². The third-order valence-electron chi connectivity index (χ3n) is 3.77. The summed E-state index contributed by atoms with van der Waals surface area (Å²) in [5.74, 6) is 5.53. The van der Waals surface area contributed by atoms with Gasteiger partial charge in [0.05, 0.1) is 21.8 Å². The van der Waals surface area contributed by atoms with Gasteiger partial charge in [-0.1, -0.05) is 29.5 Å². The van der Waals surface area contributed by atoms with Crippen molar-refractivity contribution in [3.8, 4) is 23.0 Å². The highest BCUT2D eigenvalue weighted by atomic mass is 35.5. The van der Waals surface area contributed by atoms with Gasteiger partial charge in [-0.3, -0.25) is 4.98 Å². The highest BCUT2D eigenvalue weighted by molar-refractivity contribution is 6.33. The Balaban J connectivity index is 2.08. The van der Waals surface area contributed by atoms with Gasteiger partial charge in [0.15, 0.2) is 0 Å². The summed E-state index contributed by atoms with van der Waals surface area (Å²) in [7, 11) is 0. The number of nitrogens with two attached hydrogens (primary N) is 1. The Kier molecular flexibility index (Phi) is 4.87. The SMILES string of the molecule is Cc1nccc(-c2ccc(C(=O)O)c(Cl)c2)c1C#Cc1ccc(N)nc1. The zero-order chi connectivity index (χ0) is 18.7. The predicted molar refractivity (Wildman–Crippen MR) is 101 cm³/mol. The Morgan fingerprint density at radius 1 is 1.15 bits per heavy atom. The lowest BCUT2D eigenvalue weighted by atomic mass is 9.98. The summed E-state index contributed by atoms with van der Waals surface area (Å²) in [4.78, 5) is 19.5. The van der Waals surface area contributed by atoms with Gasteiger partial charge >= 0.3 is 5.97 Å². The molecule has 0 aliphatic carbocycles. The summed E-state index contributed by atoms with van der Waals surface area (Å²) in [5, 5.41) is 9.30. The number of nitrogens with zero attached hydrogens (tertiary/aromatic N) is 2. The molecule has 2 aromatic heterocycles. The lowest BCUT2D eigenvalue weighted by Crippen LogP contribution is -1.98. The normalized spacial score (nSPS) is 10.1. The number of aryl methyl sites for hydroxylation is 1. The Hall–Kier alpha value is -3.36. The molecule has 26 heavy (non-hydrogen) atoms. The average molecular weight is 364 g/mol. The minimum Gasteiger partial charge on any atom is -0.478 e. The lowest BCUT2D eigenvalue weighted by Gasteiger charge is -2.09. The Bertz CT molecular complexity index is 1050. The Labute approximate surface area is 155 Å². The predicted octanol–water partition coefficient (Wildman–Crippen LogP) is 3.79. The van der Waals surface area contributed by atoms with E-state index in [4.69, 9.17) is 22.4 Å². The fourth-order valence-electron chi connectivity index (χ4n) is 2.43. The van der Waals surface area contributed by atoms with Crippen LogP contribution in [0, 0.1) is 18.8 Å². The fraction of sp³-hybridized carbons (Fsp3) is 0.0500. The Morgan fingerprint density at radius 3 is 2.62 bits per heavy atom. The van der Waals surface area contributed by atoms with Crippen LogP contribution in [0.1, 0.15) is 27.2 Å². The molecule has 3 N–H and O–H groups in total. The van der Waals surface area contributed by atoms with E-state index in [1.54, 1.807) is 36.7 Å². The van der Waals surface area contributed by atoms with E-state index < -0.39 is 5.97 Å². The average Bonchev–Trinajstić information content (AvgIpc) is 2.61.